The van der Waals surface area contributed by atoms with Gasteiger partial charge in [-0.05, 0) is 37.8 Å². The number of nitrogens with zero attached hydrogens (tertiary/aromatic N) is 1. The third kappa shape index (κ3) is 2.26. The van der Waals surface area contributed by atoms with E-state index in [1.54, 1.807) is 0 Å². The van der Waals surface area contributed by atoms with Crippen LogP contribution in [0.25, 0.3) is 0 Å². The van der Waals surface area contributed by atoms with E-state index < -0.39 is 0 Å². The second-order valence-corrected chi connectivity index (χ2v) is 5.67. The summed E-state index contributed by atoms with van der Waals surface area (Å²) in [6.07, 6.45) is 3.20. The van der Waals surface area contributed by atoms with Crippen molar-refractivity contribution in [2.45, 2.75) is 46.1 Å². The van der Waals surface area contributed by atoms with Gasteiger partial charge in [-0.15, -0.1) is 0 Å². The zero-order valence-corrected chi connectivity index (χ0v) is 11.8. The lowest BCUT2D eigenvalue weighted by Gasteiger charge is -2.37. The lowest BCUT2D eigenvalue weighted by Crippen LogP contribution is -2.42. The van der Waals surface area contributed by atoms with E-state index in [9.17, 15) is 5.11 Å². The molecule has 0 bridgehead atoms. The molecular formula is C16H25NO. The van der Waals surface area contributed by atoms with Crippen LogP contribution in [0.3, 0.4) is 0 Å². The molecule has 0 aliphatic carbocycles. The van der Waals surface area contributed by atoms with Crippen LogP contribution in [0.1, 0.15) is 39.2 Å². The van der Waals surface area contributed by atoms with Gasteiger partial charge in [0.15, 0.2) is 0 Å². The summed E-state index contributed by atoms with van der Waals surface area (Å²) in [5.74, 6) is 0. The lowest BCUT2D eigenvalue weighted by molar-refractivity contribution is 0.119. The first-order valence-corrected chi connectivity index (χ1v) is 7.11. The Bertz CT molecular complexity index is 390. The molecule has 0 fully saturated rings. The average Bonchev–Trinajstić information content (AvgIpc) is 2.72. The molecule has 2 heteroatoms. The average molecular weight is 247 g/mol. The van der Waals surface area contributed by atoms with Gasteiger partial charge in [0.25, 0.3) is 0 Å². The van der Waals surface area contributed by atoms with Gasteiger partial charge < -0.3 is 10.0 Å². The zero-order valence-electron chi connectivity index (χ0n) is 11.8. The molecule has 1 aromatic rings. The Kier molecular flexibility index (Phi) is 3.96. The molecule has 1 aliphatic heterocycles. The second-order valence-electron chi connectivity index (χ2n) is 5.67. The first-order chi connectivity index (χ1) is 8.65. The number of aliphatic hydroxyl groups excluding tert-OH is 1. The summed E-state index contributed by atoms with van der Waals surface area (Å²) < 4.78 is 0. The number of benzene rings is 1. The number of para-hydroxylation sites is 1. The molecule has 0 amide bonds. The summed E-state index contributed by atoms with van der Waals surface area (Å²) in [6.45, 7) is 7.91. The van der Waals surface area contributed by atoms with Crippen LogP contribution in [-0.4, -0.2) is 24.3 Å². The largest absolute Gasteiger partial charge is 0.396 e. The lowest BCUT2D eigenvalue weighted by atomic mass is 9.82. The minimum Gasteiger partial charge on any atom is -0.396 e. The van der Waals surface area contributed by atoms with Crippen molar-refractivity contribution in [3.63, 3.8) is 0 Å². The number of anilines is 1. The van der Waals surface area contributed by atoms with Crippen LogP contribution in [0.5, 0.6) is 0 Å². The maximum absolute atomic E-state index is 9.74. The van der Waals surface area contributed by atoms with E-state index in [2.05, 4.69) is 49.9 Å². The van der Waals surface area contributed by atoms with Crippen molar-refractivity contribution in [2.24, 2.45) is 5.41 Å². The molecule has 0 aromatic heterocycles. The molecule has 2 nitrogen and oxygen atoms in total. The summed E-state index contributed by atoms with van der Waals surface area (Å²) >= 11 is 0. The van der Waals surface area contributed by atoms with Gasteiger partial charge in [-0.1, -0.05) is 32.0 Å². The molecule has 1 atom stereocenters. The highest BCUT2D eigenvalue weighted by atomic mass is 16.3. The normalized spacial score (nSPS) is 19.1. The van der Waals surface area contributed by atoms with E-state index in [1.807, 2.05) is 0 Å². The number of hydrogen-bond acceptors (Lipinski definition) is 2. The van der Waals surface area contributed by atoms with Crippen LogP contribution in [-0.2, 0) is 6.42 Å². The molecule has 1 aromatic carbocycles. The summed E-state index contributed by atoms with van der Waals surface area (Å²) in [5.41, 5.74) is 2.86. The van der Waals surface area contributed by atoms with Crippen molar-refractivity contribution < 1.29 is 5.11 Å². The van der Waals surface area contributed by atoms with E-state index in [1.165, 1.54) is 11.3 Å². The van der Waals surface area contributed by atoms with Crippen LogP contribution in [0.4, 0.5) is 5.69 Å². The number of rotatable bonds is 5. The Morgan fingerprint density at radius 3 is 2.56 bits per heavy atom. The predicted molar refractivity (Wildman–Crippen MR) is 77.1 cm³/mol. The van der Waals surface area contributed by atoms with Gasteiger partial charge >= 0.3 is 0 Å². The van der Waals surface area contributed by atoms with E-state index in [-0.39, 0.29) is 12.0 Å². The fourth-order valence-electron chi connectivity index (χ4n) is 2.98. The fraction of sp³-hybridized carbons (Fsp3) is 0.625. The van der Waals surface area contributed by atoms with Crippen LogP contribution in [0.15, 0.2) is 24.3 Å². The van der Waals surface area contributed by atoms with Gasteiger partial charge in [0, 0.05) is 23.7 Å². The second kappa shape index (κ2) is 5.31. The highest BCUT2D eigenvalue weighted by Gasteiger charge is 2.33. The van der Waals surface area contributed by atoms with Crippen molar-refractivity contribution in [3.05, 3.63) is 29.8 Å². The van der Waals surface area contributed by atoms with Gasteiger partial charge in [-0.3, -0.25) is 0 Å². The van der Waals surface area contributed by atoms with Gasteiger partial charge in [-0.25, -0.2) is 0 Å². The Labute approximate surface area is 111 Å². The summed E-state index contributed by atoms with van der Waals surface area (Å²) in [6, 6.07) is 9.22. The van der Waals surface area contributed by atoms with Gasteiger partial charge in [0.05, 0.1) is 6.61 Å². The SMILES string of the molecule is CCC(CC)(CO)CN1c2ccccc2CC1C. The topological polar surface area (TPSA) is 23.5 Å². The molecular weight excluding hydrogens is 222 g/mol. The summed E-state index contributed by atoms with van der Waals surface area (Å²) in [7, 11) is 0. The van der Waals surface area contributed by atoms with Crippen molar-refractivity contribution in [3.8, 4) is 0 Å². The first kappa shape index (κ1) is 13.4. The number of hydrogen-bond donors (Lipinski definition) is 1. The molecule has 1 heterocycles. The highest BCUT2D eigenvalue weighted by Crippen LogP contribution is 2.36. The van der Waals surface area contributed by atoms with Gasteiger partial charge in [0.1, 0.15) is 0 Å². The van der Waals surface area contributed by atoms with Crippen LogP contribution >= 0.6 is 0 Å². The molecule has 18 heavy (non-hydrogen) atoms. The quantitative estimate of drug-likeness (QED) is 0.863. The summed E-state index contributed by atoms with van der Waals surface area (Å²) in [5, 5.41) is 9.74. The molecule has 100 valence electrons. The number of fused-ring (bicyclic) bond motifs is 1. The maximum Gasteiger partial charge on any atom is 0.0504 e. The molecule has 0 saturated carbocycles. The highest BCUT2D eigenvalue weighted by molar-refractivity contribution is 5.59. The standard InChI is InChI=1S/C16H25NO/c1-4-16(5-2,12-18)11-17-13(3)10-14-8-6-7-9-15(14)17/h6-9,13,18H,4-5,10-12H2,1-3H3. The smallest absolute Gasteiger partial charge is 0.0504 e. The Morgan fingerprint density at radius 2 is 1.94 bits per heavy atom. The van der Waals surface area contributed by atoms with Crippen molar-refractivity contribution in [1.29, 1.82) is 0 Å². The van der Waals surface area contributed by atoms with Crippen molar-refractivity contribution in [2.75, 3.05) is 18.1 Å². The molecule has 1 aliphatic rings. The van der Waals surface area contributed by atoms with Crippen LogP contribution in [0, 0.1) is 5.41 Å². The molecule has 0 saturated heterocycles. The molecule has 0 spiro atoms. The van der Waals surface area contributed by atoms with E-state index >= 15 is 0 Å². The monoisotopic (exact) mass is 247 g/mol. The van der Waals surface area contributed by atoms with Crippen molar-refractivity contribution >= 4 is 5.69 Å². The van der Waals surface area contributed by atoms with Gasteiger partial charge in [-0.2, -0.15) is 0 Å². The predicted octanol–water partition coefficient (Wildman–Crippen LogP) is 3.24. The van der Waals surface area contributed by atoms with Crippen LogP contribution < -0.4 is 4.90 Å². The Hall–Kier alpha value is -1.02. The van der Waals surface area contributed by atoms with E-state index in [0.717, 1.165) is 25.8 Å². The first-order valence-electron chi connectivity index (χ1n) is 7.11. The molecule has 1 unspecified atom stereocenters. The van der Waals surface area contributed by atoms with E-state index in [0.29, 0.717) is 6.04 Å². The molecule has 2 rings (SSSR count). The Balaban J connectivity index is 2.24. The van der Waals surface area contributed by atoms with Crippen LogP contribution in [0.2, 0.25) is 0 Å². The minimum atomic E-state index is 0.0473. The van der Waals surface area contributed by atoms with Gasteiger partial charge in [0.2, 0.25) is 0 Å². The minimum absolute atomic E-state index is 0.0473. The Morgan fingerprint density at radius 1 is 1.28 bits per heavy atom. The maximum atomic E-state index is 9.74. The fourth-order valence-corrected chi connectivity index (χ4v) is 2.98. The molecule has 1 N–H and O–H groups in total. The van der Waals surface area contributed by atoms with Crippen molar-refractivity contribution in [1.82, 2.24) is 0 Å². The number of aliphatic hydroxyl groups is 1. The molecule has 0 radical (unpaired) electrons. The third-order valence-electron chi connectivity index (χ3n) is 4.69. The summed E-state index contributed by atoms with van der Waals surface area (Å²) in [4.78, 5) is 2.48. The third-order valence-corrected chi connectivity index (χ3v) is 4.69. The van der Waals surface area contributed by atoms with E-state index in [4.69, 9.17) is 0 Å². The zero-order chi connectivity index (χ0) is 13.2.